The van der Waals surface area contributed by atoms with E-state index in [0.717, 1.165) is 22.5 Å². The zero-order valence-electron chi connectivity index (χ0n) is 24.8. The summed E-state index contributed by atoms with van der Waals surface area (Å²) in [7, 11) is 0. The van der Waals surface area contributed by atoms with Crippen molar-refractivity contribution < 1.29 is 19.1 Å². The van der Waals surface area contributed by atoms with E-state index in [1.54, 1.807) is 6.20 Å². The second-order valence-electron chi connectivity index (χ2n) is 10.5. The summed E-state index contributed by atoms with van der Waals surface area (Å²) in [6, 6.07) is 31.9. The maximum Gasteiger partial charge on any atom is 0.338 e. The van der Waals surface area contributed by atoms with Crippen molar-refractivity contribution in [3.63, 3.8) is 0 Å². The Bertz CT molecular complexity index is 1760. The van der Waals surface area contributed by atoms with Gasteiger partial charge in [-0.2, -0.15) is 0 Å². The van der Waals surface area contributed by atoms with Crippen LogP contribution < -0.4 is 10.1 Å². The highest BCUT2D eigenvalue weighted by Gasteiger charge is 2.41. The van der Waals surface area contributed by atoms with Gasteiger partial charge in [-0.1, -0.05) is 78.5 Å². The number of ether oxygens (including phenoxy) is 2. The first-order valence-electron chi connectivity index (χ1n) is 14.7. The lowest BCUT2D eigenvalue weighted by atomic mass is 9.93. The number of hydrogen-bond acceptors (Lipinski definition) is 8. The maximum atomic E-state index is 13.8. The number of fused-ring (bicyclic) bond motifs is 1. The molecule has 2 aliphatic heterocycles. The number of pyridine rings is 1. The Balaban J connectivity index is 1.26. The predicted molar refractivity (Wildman–Crippen MR) is 175 cm³/mol. The van der Waals surface area contributed by atoms with Crippen LogP contribution >= 0.6 is 11.8 Å². The topological polar surface area (TPSA) is 93.1 Å². The maximum absolute atomic E-state index is 13.8. The Labute approximate surface area is 266 Å². The molecule has 1 unspecified atom stereocenters. The highest BCUT2D eigenvalue weighted by Crippen LogP contribution is 2.45. The normalized spacial score (nSPS) is 15.6. The predicted octanol–water partition coefficient (Wildman–Crippen LogP) is 6.94. The van der Waals surface area contributed by atoms with E-state index in [1.165, 1.54) is 11.8 Å². The molecule has 0 radical (unpaired) electrons. The van der Waals surface area contributed by atoms with Gasteiger partial charge in [-0.3, -0.25) is 9.78 Å². The summed E-state index contributed by atoms with van der Waals surface area (Å²) in [4.78, 5) is 38.0. The fraction of sp³-hybridized carbons (Fsp3) is 0.167. The van der Waals surface area contributed by atoms with Crippen LogP contribution in [0.15, 0.2) is 137 Å². The largest absolute Gasteiger partial charge is 0.457 e. The third kappa shape index (κ3) is 7.33. The number of benzene rings is 3. The average Bonchev–Trinajstić information content (AvgIpc) is 3.46. The van der Waals surface area contributed by atoms with Crippen molar-refractivity contribution in [2.75, 3.05) is 6.54 Å². The summed E-state index contributed by atoms with van der Waals surface area (Å²) in [6.45, 7) is 2.42. The Hall–Kier alpha value is -5.15. The SMILES string of the molecule is CC1=C(C(=O)OCc2ccccc2)C(c2cccc(Oc3ccccc3)c2)N2C(CC(=O)NCCc3ccccn3)=CSC2=N1. The number of carbonyl (C=O) groups is 2. The molecule has 226 valence electrons. The second kappa shape index (κ2) is 14.1. The molecule has 3 heterocycles. The van der Waals surface area contributed by atoms with Crippen molar-refractivity contribution in [1.29, 1.82) is 0 Å². The number of hydrogen-bond donors (Lipinski definition) is 1. The van der Waals surface area contributed by atoms with Gasteiger partial charge < -0.3 is 19.7 Å². The molecule has 0 bridgehead atoms. The van der Waals surface area contributed by atoms with E-state index in [1.807, 2.05) is 120 Å². The molecule has 0 spiro atoms. The van der Waals surface area contributed by atoms with Gasteiger partial charge in [0.05, 0.1) is 23.7 Å². The molecule has 1 N–H and O–H groups in total. The number of rotatable bonds is 11. The van der Waals surface area contributed by atoms with E-state index in [4.69, 9.17) is 14.5 Å². The van der Waals surface area contributed by atoms with Crippen molar-refractivity contribution in [3.05, 3.63) is 149 Å². The number of carbonyl (C=O) groups excluding carboxylic acids is 2. The van der Waals surface area contributed by atoms with Crippen LogP contribution in [0.1, 0.15) is 36.2 Å². The van der Waals surface area contributed by atoms with Crippen LogP contribution in [0, 0.1) is 0 Å². The number of aromatic nitrogens is 1. The van der Waals surface area contributed by atoms with Gasteiger partial charge in [-0.15, -0.1) is 0 Å². The fourth-order valence-corrected chi connectivity index (χ4v) is 6.19. The second-order valence-corrected chi connectivity index (χ2v) is 11.4. The number of allylic oxidation sites excluding steroid dienone is 1. The summed E-state index contributed by atoms with van der Waals surface area (Å²) in [6.07, 6.45) is 2.50. The highest BCUT2D eigenvalue weighted by molar-refractivity contribution is 8.16. The average molecular weight is 617 g/mol. The molecule has 4 aromatic rings. The molecule has 8 nitrogen and oxygen atoms in total. The molecular formula is C36H32N4O4S. The summed E-state index contributed by atoms with van der Waals surface area (Å²) in [5.41, 5.74) is 4.34. The zero-order chi connectivity index (χ0) is 31.0. The molecule has 45 heavy (non-hydrogen) atoms. The van der Waals surface area contributed by atoms with Gasteiger partial charge in [0.15, 0.2) is 5.17 Å². The van der Waals surface area contributed by atoms with Gasteiger partial charge >= 0.3 is 5.97 Å². The molecule has 9 heteroatoms. The highest BCUT2D eigenvalue weighted by atomic mass is 32.2. The van der Waals surface area contributed by atoms with Crippen molar-refractivity contribution in [2.45, 2.75) is 32.4 Å². The molecule has 0 saturated carbocycles. The van der Waals surface area contributed by atoms with E-state index in [2.05, 4.69) is 10.3 Å². The van der Waals surface area contributed by atoms with Crippen LogP contribution in [0.2, 0.25) is 0 Å². The number of esters is 1. The summed E-state index contributed by atoms with van der Waals surface area (Å²) < 4.78 is 12.0. The number of amides is 1. The third-order valence-electron chi connectivity index (χ3n) is 7.36. The standard InChI is InChI=1S/C36H32N4O4S/c1-25-33(35(42)43-23-26-11-4-2-5-12-26)34(27-13-10-17-31(21-27)44-30-15-6-3-7-16-30)40-29(24-45-36(40)39-25)22-32(41)38-20-18-28-14-8-9-19-37-28/h2-17,19,21,24,34H,18,20,22-23H2,1H3,(H,38,41). The van der Waals surface area contributed by atoms with Gasteiger partial charge in [0, 0.05) is 30.6 Å². The van der Waals surface area contributed by atoms with Crippen LogP contribution in [0.5, 0.6) is 11.5 Å². The van der Waals surface area contributed by atoms with Gasteiger partial charge in [-0.25, -0.2) is 9.79 Å². The minimum Gasteiger partial charge on any atom is -0.457 e. The lowest BCUT2D eigenvalue weighted by Gasteiger charge is -2.36. The summed E-state index contributed by atoms with van der Waals surface area (Å²) in [5.74, 6) is 0.740. The molecule has 1 atom stereocenters. The quantitative estimate of drug-likeness (QED) is 0.183. The van der Waals surface area contributed by atoms with Crippen molar-refractivity contribution in [2.24, 2.45) is 4.99 Å². The number of nitrogens with zero attached hydrogens (tertiary/aromatic N) is 3. The molecule has 0 saturated heterocycles. The first kappa shape index (κ1) is 29.9. The molecule has 3 aromatic carbocycles. The zero-order valence-corrected chi connectivity index (χ0v) is 25.6. The molecule has 2 aliphatic rings. The fourth-order valence-electron chi connectivity index (χ4n) is 5.22. The van der Waals surface area contributed by atoms with E-state index in [9.17, 15) is 9.59 Å². The molecule has 0 fully saturated rings. The number of aliphatic imine (C=N–C) groups is 1. The molecular weight excluding hydrogens is 584 g/mol. The van der Waals surface area contributed by atoms with Crippen LogP contribution in [-0.2, 0) is 27.4 Å². The number of thioether (sulfide) groups is 1. The van der Waals surface area contributed by atoms with Crippen molar-refractivity contribution in [1.82, 2.24) is 15.2 Å². The Morgan fingerprint density at radius 1 is 0.911 bits per heavy atom. The van der Waals surface area contributed by atoms with E-state index < -0.39 is 12.0 Å². The van der Waals surface area contributed by atoms with Gasteiger partial charge in [-0.05, 0) is 59.9 Å². The Kier molecular flexibility index (Phi) is 9.36. The Morgan fingerprint density at radius 3 is 2.44 bits per heavy atom. The lowest BCUT2D eigenvalue weighted by molar-refractivity contribution is -0.141. The van der Waals surface area contributed by atoms with Crippen molar-refractivity contribution in [3.8, 4) is 11.5 Å². The third-order valence-corrected chi connectivity index (χ3v) is 8.25. The lowest BCUT2D eigenvalue weighted by Crippen LogP contribution is -2.38. The first-order valence-corrected chi connectivity index (χ1v) is 15.6. The van der Waals surface area contributed by atoms with Crippen LogP contribution in [0.25, 0.3) is 0 Å². The van der Waals surface area contributed by atoms with Gasteiger partial charge in [0.2, 0.25) is 5.91 Å². The van der Waals surface area contributed by atoms with Crippen LogP contribution in [0.4, 0.5) is 0 Å². The van der Waals surface area contributed by atoms with E-state index >= 15 is 0 Å². The smallest absolute Gasteiger partial charge is 0.338 e. The van der Waals surface area contributed by atoms with Crippen molar-refractivity contribution >= 4 is 28.8 Å². The van der Waals surface area contributed by atoms with Gasteiger partial charge in [0.25, 0.3) is 0 Å². The number of nitrogens with one attached hydrogen (secondary N) is 1. The first-order chi connectivity index (χ1) is 22.0. The molecule has 6 rings (SSSR count). The minimum atomic E-state index is -0.581. The minimum absolute atomic E-state index is 0.121. The summed E-state index contributed by atoms with van der Waals surface area (Å²) >= 11 is 1.44. The van der Waals surface area contributed by atoms with Gasteiger partial charge in [0.1, 0.15) is 18.1 Å². The van der Waals surface area contributed by atoms with E-state index in [-0.39, 0.29) is 18.9 Å². The summed E-state index contributed by atoms with van der Waals surface area (Å²) in [5, 5.41) is 5.63. The van der Waals surface area contributed by atoms with Crippen LogP contribution in [0.3, 0.4) is 0 Å². The van der Waals surface area contributed by atoms with E-state index in [0.29, 0.717) is 40.9 Å². The number of amidine groups is 1. The monoisotopic (exact) mass is 616 g/mol. The molecule has 1 aromatic heterocycles. The van der Waals surface area contributed by atoms with Crippen LogP contribution in [-0.4, -0.2) is 33.5 Å². The molecule has 0 aliphatic carbocycles. The number of para-hydroxylation sites is 1. The molecule has 1 amide bonds. The Morgan fingerprint density at radius 2 is 1.67 bits per heavy atom.